The monoisotopic (exact) mass is 318 g/mol. The molecule has 3 nitrogen and oxygen atoms in total. The third-order valence-electron chi connectivity index (χ3n) is 3.69. The third-order valence-corrected chi connectivity index (χ3v) is 3.69. The van der Waals surface area contributed by atoms with E-state index in [-0.39, 0.29) is 5.56 Å². The zero-order valence-electron chi connectivity index (χ0n) is 12.2. The molecular weight excluding hydrogens is 305 g/mol. The molecule has 1 aliphatic heterocycles. The molecule has 0 atom stereocenters. The van der Waals surface area contributed by atoms with Crippen LogP contribution in [-0.2, 0) is 11.8 Å². The summed E-state index contributed by atoms with van der Waals surface area (Å²) in [7, 11) is 1.52. The van der Waals surface area contributed by atoms with Crippen molar-refractivity contribution < 1.29 is 17.9 Å². The SMILES string of the molecule is COc1ccc(C2(c3ccccc3C(F)(F)F)N=CC=N2)cc1. The lowest BCUT2D eigenvalue weighted by Crippen LogP contribution is -2.25. The molecule has 1 aliphatic rings. The van der Waals surface area contributed by atoms with Crippen LogP contribution in [0.15, 0.2) is 58.5 Å². The van der Waals surface area contributed by atoms with Crippen LogP contribution < -0.4 is 4.74 Å². The molecule has 118 valence electrons. The second-order valence-electron chi connectivity index (χ2n) is 5.00. The van der Waals surface area contributed by atoms with Gasteiger partial charge in [0, 0.05) is 23.6 Å². The Labute approximate surface area is 131 Å². The Morgan fingerprint density at radius 2 is 1.52 bits per heavy atom. The molecule has 2 aromatic carbocycles. The van der Waals surface area contributed by atoms with E-state index in [1.54, 1.807) is 30.3 Å². The van der Waals surface area contributed by atoms with Gasteiger partial charge in [0.15, 0.2) is 0 Å². The van der Waals surface area contributed by atoms with E-state index in [0.29, 0.717) is 11.3 Å². The molecule has 0 aliphatic carbocycles. The minimum absolute atomic E-state index is 0.00247. The van der Waals surface area contributed by atoms with Crippen LogP contribution in [0.4, 0.5) is 13.2 Å². The van der Waals surface area contributed by atoms with Crippen molar-refractivity contribution in [1.82, 2.24) is 0 Å². The van der Waals surface area contributed by atoms with Crippen LogP contribution in [0, 0.1) is 0 Å². The standard InChI is InChI=1S/C17H13F3N2O/c1-23-13-8-6-12(7-9-13)16(21-10-11-22-16)14-4-2-3-5-15(14)17(18,19)20/h2-11H,1H3. The summed E-state index contributed by atoms with van der Waals surface area (Å²) >= 11 is 0. The van der Waals surface area contributed by atoms with Gasteiger partial charge >= 0.3 is 6.18 Å². The average molecular weight is 318 g/mol. The van der Waals surface area contributed by atoms with Gasteiger partial charge < -0.3 is 4.74 Å². The zero-order valence-corrected chi connectivity index (χ0v) is 12.2. The highest BCUT2D eigenvalue weighted by molar-refractivity contribution is 6.18. The number of rotatable bonds is 3. The third kappa shape index (κ3) is 2.60. The molecule has 0 unspecified atom stereocenters. The highest BCUT2D eigenvalue weighted by Gasteiger charge is 2.43. The lowest BCUT2D eigenvalue weighted by molar-refractivity contribution is -0.138. The molecule has 0 spiro atoms. The smallest absolute Gasteiger partial charge is 0.416 e. The van der Waals surface area contributed by atoms with Gasteiger partial charge in [-0.2, -0.15) is 13.2 Å². The number of methoxy groups -OCH3 is 1. The lowest BCUT2D eigenvalue weighted by Gasteiger charge is -2.27. The number of aliphatic imine (C=N–C) groups is 2. The van der Waals surface area contributed by atoms with Gasteiger partial charge in [-0.15, -0.1) is 0 Å². The van der Waals surface area contributed by atoms with Gasteiger partial charge in [-0.25, -0.2) is 0 Å². The van der Waals surface area contributed by atoms with Gasteiger partial charge in [0.25, 0.3) is 0 Å². The minimum atomic E-state index is -4.48. The van der Waals surface area contributed by atoms with Crippen molar-refractivity contribution in [2.75, 3.05) is 7.11 Å². The molecule has 0 saturated carbocycles. The molecule has 0 radical (unpaired) electrons. The summed E-state index contributed by atoms with van der Waals surface area (Å²) in [6, 6.07) is 12.1. The Morgan fingerprint density at radius 3 is 2.09 bits per heavy atom. The molecule has 3 rings (SSSR count). The topological polar surface area (TPSA) is 34.0 Å². The average Bonchev–Trinajstić information content (AvgIpc) is 3.05. The molecule has 0 aromatic heterocycles. The van der Waals surface area contributed by atoms with Crippen LogP contribution in [0.25, 0.3) is 0 Å². The fourth-order valence-corrected chi connectivity index (χ4v) is 2.62. The first-order valence-electron chi connectivity index (χ1n) is 6.87. The molecule has 0 saturated heterocycles. The van der Waals surface area contributed by atoms with Crippen molar-refractivity contribution in [3.05, 3.63) is 65.2 Å². The number of benzene rings is 2. The van der Waals surface area contributed by atoms with Gasteiger partial charge in [-0.3, -0.25) is 9.98 Å². The first-order chi connectivity index (χ1) is 11.0. The Balaban J connectivity index is 2.20. The van der Waals surface area contributed by atoms with Crippen molar-refractivity contribution in [2.24, 2.45) is 9.98 Å². The summed E-state index contributed by atoms with van der Waals surface area (Å²) in [6.07, 6.45) is -1.65. The van der Waals surface area contributed by atoms with E-state index >= 15 is 0 Å². The maximum atomic E-state index is 13.4. The molecule has 0 amide bonds. The van der Waals surface area contributed by atoms with Crippen LogP contribution in [0.3, 0.4) is 0 Å². The van der Waals surface area contributed by atoms with Crippen molar-refractivity contribution >= 4 is 12.4 Å². The number of ether oxygens (including phenoxy) is 1. The molecule has 0 fully saturated rings. The van der Waals surface area contributed by atoms with E-state index in [0.717, 1.165) is 6.07 Å². The van der Waals surface area contributed by atoms with Gasteiger partial charge in [0.2, 0.25) is 5.66 Å². The highest BCUT2D eigenvalue weighted by atomic mass is 19.4. The number of hydrogen-bond acceptors (Lipinski definition) is 3. The molecule has 23 heavy (non-hydrogen) atoms. The van der Waals surface area contributed by atoms with Crippen molar-refractivity contribution in [1.29, 1.82) is 0 Å². The molecule has 0 bridgehead atoms. The van der Waals surface area contributed by atoms with E-state index in [9.17, 15) is 13.2 Å². The van der Waals surface area contributed by atoms with Gasteiger partial charge in [0.1, 0.15) is 5.75 Å². The summed E-state index contributed by atoms with van der Waals surface area (Å²) in [4.78, 5) is 8.50. The number of nitrogens with zero attached hydrogens (tertiary/aromatic N) is 2. The zero-order chi connectivity index (χ0) is 16.5. The van der Waals surface area contributed by atoms with E-state index in [4.69, 9.17) is 4.74 Å². The second kappa shape index (κ2) is 5.53. The number of halogens is 3. The molecule has 2 aromatic rings. The van der Waals surface area contributed by atoms with Crippen LogP contribution in [-0.4, -0.2) is 19.5 Å². The van der Waals surface area contributed by atoms with Crippen molar-refractivity contribution in [3.8, 4) is 5.75 Å². The first kappa shape index (κ1) is 15.3. The summed E-state index contributed by atoms with van der Waals surface area (Å²) in [5.41, 5.74) is -1.62. The molecule has 6 heteroatoms. The second-order valence-corrected chi connectivity index (χ2v) is 5.00. The van der Waals surface area contributed by atoms with E-state index in [1.807, 2.05) is 0 Å². The fraction of sp³-hybridized carbons (Fsp3) is 0.176. The first-order valence-corrected chi connectivity index (χ1v) is 6.87. The van der Waals surface area contributed by atoms with Crippen LogP contribution >= 0.6 is 0 Å². The highest BCUT2D eigenvalue weighted by Crippen LogP contribution is 2.43. The Kier molecular flexibility index (Phi) is 3.67. The predicted molar refractivity (Wildman–Crippen MR) is 82.2 cm³/mol. The van der Waals surface area contributed by atoms with Crippen molar-refractivity contribution in [2.45, 2.75) is 11.8 Å². The summed E-state index contributed by atoms with van der Waals surface area (Å²) in [5.74, 6) is 0.610. The Bertz CT molecular complexity index is 752. The maximum absolute atomic E-state index is 13.4. The predicted octanol–water partition coefficient (Wildman–Crippen LogP) is 4.07. The van der Waals surface area contributed by atoms with Gasteiger partial charge in [0.05, 0.1) is 12.7 Å². The van der Waals surface area contributed by atoms with Gasteiger partial charge in [-0.1, -0.05) is 30.3 Å². The summed E-state index contributed by atoms with van der Waals surface area (Å²) in [5, 5.41) is 0. The summed E-state index contributed by atoms with van der Waals surface area (Å²) in [6.45, 7) is 0. The number of hydrogen-bond donors (Lipinski definition) is 0. The molecule has 0 N–H and O–H groups in total. The van der Waals surface area contributed by atoms with E-state index in [2.05, 4.69) is 9.98 Å². The summed E-state index contributed by atoms with van der Waals surface area (Å²) < 4.78 is 45.2. The van der Waals surface area contributed by atoms with Crippen molar-refractivity contribution in [3.63, 3.8) is 0 Å². The normalized spacial score (nSPS) is 15.8. The van der Waals surface area contributed by atoms with Crippen LogP contribution in [0.5, 0.6) is 5.75 Å². The maximum Gasteiger partial charge on any atom is 0.416 e. The van der Waals surface area contributed by atoms with Crippen LogP contribution in [0.2, 0.25) is 0 Å². The molecular formula is C17H13F3N2O. The quantitative estimate of drug-likeness (QED) is 0.840. The fourth-order valence-electron chi connectivity index (χ4n) is 2.62. The minimum Gasteiger partial charge on any atom is -0.497 e. The van der Waals surface area contributed by atoms with E-state index in [1.165, 1.54) is 31.7 Å². The molecule has 1 heterocycles. The lowest BCUT2D eigenvalue weighted by atomic mass is 9.88. The largest absolute Gasteiger partial charge is 0.497 e. The Hall–Kier alpha value is -2.63. The van der Waals surface area contributed by atoms with E-state index < -0.39 is 17.4 Å². The van der Waals surface area contributed by atoms with Crippen LogP contribution in [0.1, 0.15) is 16.7 Å². The number of alkyl halides is 3. The van der Waals surface area contributed by atoms with Gasteiger partial charge in [-0.05, 0) is 18.2 Å². The Morgan fingerprint density at radius 1 is 0.913 bits per heavy atom.